The van der Waals surface area contributed by atoms with E-state index in [-0.39, 0.29) is 18.7 Å². The predicted molar refractivity (Wildman–Crippen MR) is 71.0 cm³/mol. The van der Waals surface area contributed by atoms with Crippen molar-refractivity contribution >= 4 is 6.03 Å². The molecule has 0 fully saturated rings. The van der Waals surface area contributed by atoms with Crippen LogP contribution in [0.15, 0.2) is 0 Å². The van der Waals surface area contributed by atoms with E-state index in [2.05, 4.69) is 31.4 Å². The summed E-state index contributed by atoms with van der Waals surface area (Å²) in [4.78, 5) is 11.5. The summed E-state index contributed by atoms with van der Waals surface area (Å²) in [6, 6.07) is 0.00844. The molecule has 0 radical (unpaired) electrons. The first-order valence-corrected chi connectivity index (χ1v) is 6.50. The lowest BCUT2D eigenvalue weighted by Gasteiger charge is -2.18. The summed E-state index contributed by atoms with van der Waals surface area (Å²) in [6.45, 7) is 9.44. The molecule has 0 saturated carbocycles. The molecule has 4 nitrogen and oxygen atoms in total. The third-order valence-corrected chi connectivity index (χ3v) is 2.56. The van der Waals surface area contributed by atoms with Crippen molar-refractivity contribution in [3.8, 4) is 0 Å². The van der Waals surface area contributed by atoms with Crippen molar-refractivity contribution in [1.29, 1.82) is 0 Å². The highest BCUT2D eigenvalue weighted by Gasteiger charge is 2.10. The summed E-state index contributed by atoms with van der Waals surface area (Å²) >= 11 is 0. The molecule has 0 aromatic heterocycles. The van der Waals surface area contributed by atoms with Crippen LogP contribution in [0.2, 0.25) is 0 Å². The predicted octanol–water partition coefficient (Wildman–Crippen LogP) is 2.27. The van der Waals surface area contributed by atoms with Crippen LogP contribution in [0.3, 0.4) is 0 Å². The van der Waals surface area contributed by atoms with E-state index in [0.717, 1.165) is 32.2 Å². The van der Waals surface area contributed by atoms with Crippen LogP contribution < -0.4 is 10.6 Å². The average Bonchev–Trinajstić information content (AvgIpc) is 2.20. The second kappa shape index (κ2) is 8.34. The Balaban J connectivity index is 3.53. The van der Waals surface area contributed by atoms with Gasteiger partial charge in [-0.15, -0.1) is 0 Å². The number of hydrogen-bond acceptors (Lipinski definition) is 2. The summed E-state index contributed by atoms with van der Waals surface area (Å²) in [5, 5.41) is 14.4. The molecule has 3 N–H and O–H groups in total. The van der Waals surface area contributed by atoms with Crippen LogP contribution in [0.5, 0.6) is 0 Å². The Hall–Kier alpha value is -0.770. The summed E-state index contributed by atoms with van der Waals surface area (Å²) in [6.07, 6.45) is 3.65. The maximum atomic E-state index is 11.5. The minimum absolute atomic E-state index is 0.107. The molecule has 4 heteroatoms. The zero-order valence-electron chi connectivity index (χ0n) is 11.7. The quantitative estimate of drug-likeness (QED) is 0.602. The molecule has 0 aromatic rings. The highest BCUT2D eigenvalue weighted by molar-refractivity contribution is 5.74. The molecule has 0 bridgehead atoms. The van der Waals surface area contributed by atoms with E-state index < -0.39 is 0 Å². The summed E-state index contributed by atoms with van der Waals surface area (Å²) in [7, 11) is 0. The molecule has 17 heavy (non-hydrogen) atoms. The summed E-state index contributed by atoms with van der Waals surface area (Å²) < 4.78 is 0. The van der Waals surface area contributed by atoms with Crippen molar-refractivity contribution in [3.63, 3.8) is 0 Å². The van der Waals surface area contributed by atoms with Crippen LogP contribution in [0, 0.1) is 5.41 Å². The number of aliphatic hydroxyl groups excluding tert-OH is 1. The van der Waals surface area contributed by atoms with E-state index in [1.165, 1.54) is 0 Å². The fourth-order valence-corrected chi connectivity index (χ4v) is 1.57. The molecule has 1 atom stereocenters. The van der Waals surface area contributed by atoms with Crippen LogP contribution in [-0.2, 0) is 0 Å². The van der Waals surface area contributed by atoms with Gasteiger partial charge in [0, 0.05) is 19.2 Å². The minimum Gasteiger partial charge on any atom is -0.396 e. The van der Waals surface area contributed by atoms with Gasteiger partial charge in [0.05, 0.1) is 0 Å². The number of rotatable bonds is 7. The first-order chi connectivity index (χ1) is 7.85. The molecule has 0 saturated heterocycles. The van der Waals surface area contributed by atoms with Crippen LogP contribution in [0.4, 0.5) is 4.79 Å². The van der Waals surface area contributed by atoms with E-state index in [0.29, 0.717) is 5.41 Å². The van der Waals surface area contributed by atoms with E-state index in [1.54, 1.807) is 0 Å². The van der Waals surface area contributed by atoms with Crippen LogP contribution in [0.25, 0.3) is 0 Å². The van der Waals surface area contributed by atoms with Gasteiger partial charge < -0.3 is 15.7 Å². The summed E-state index contributed by atoms with van der Waals surface area (Å²) in [5.41, 5.74) is 0.326. The number of nitrogens with one attached hydrogen (secondary N) is 2. The summed E-state index contributed by atoms with van der Waals surface area (Å²) in [5.74, 6) is 0. The minimum atomic E-state index is -0.107. The molecule has 0 spiro atoms. The van der Waals surface area contributed by atoms with Crippen LogP contribution in [-0.4, -0.2) is 30.3 Å². The molecular weight excluding hydrogens is 216 g/mol. The molecule has 0 aliphatic rings. The zero-order chi connectivity index (χ0) is 13.3. The smallest absolute Gasteiger partial charge is 0.314 e. The van der Waals surface area contributed by atoms with Crippen LogP contribution in [0.1, 0.15) is 53.4 Å². The first kappa shape index (κ1) is 16.2. The number of urea groups is 1. The Bertz CT molecular complexity index is 212. The molecule has 0 aromatic carbocycles. The van der Waals surface area contributed by atoms with Gasteiger partial charge in [-0.1, -0.05) is 20.8 Å². The molecule has 0 rings (SSSR count). The second-order valence-electron chi connectivity index (χ2n) is 5.83. The molecule has 2 amide bonds. The largest absolute Gasteiger partial charge is 0.396 e. The zero-order valence-corrected chi connectivity index (χ0v) is 11.7. The first-order valence-electron chi connectivity index (χ1n) is 6.50. The van der Waals surface area contributed by atoms with Gasteiger partial charge in [0.2, 0.25) is 0 Å². The Morgan fingerprint density at radius 2 is 1.94 bits per heavy atom. The van der Waals surface area contributed by atoms with Gasteiger partial charge in [-0.3, -0.25) is 0 Å². The number of carbonyl (C=O) groups is 1. The molecule has 0 heterocycles. The fourth-order valence-electron chi connectivity index (χ4n) is 1.57. The van der Waals surface area contributed by atoms with E-state index >= 15 is 0 Å². The molecular formula is C13H28N2O2. The molecule has 0 aliphatic heterocycles. The average molecular weight is 244 g/mol. The monoisotopic (exact) mass is 244 g/mol. The molecule has 1 unspecified atom stereocenters. The van der Waals surface area contributed by atoms with Gasteiger partial charge in [-0.05, 0) is 38.0 Å². The van der Waals surface area contributed by atoms with Gasteiger partial charge in [0.25, 0.3) is 0 Å². The number of carbonyl (C=O) groups excluding carboxylic acids is 1. The van der Waals surface area contributed by atoms with E-state index in [1.807, 2.05) is 6.92 Å². The van der Waals surface area contributed by atoms with Crippen molar-refractivity contribution in [2.24, 2.45) is 5.41 Å². The lowest BCUT2D eigenvalue weighted by atomic mass is 9.91. The topological polar surface area (TPSA) is 61.4 Å². The SMILES string of the molecule is CC(CCCO)NC(=O)NCCCC(C)(C)C. The van der Waals surface area contributed by atoms with E-state index in [9.17, 15) is 4.79 Å². The van der Waals surface area contributed by atoms with Gasteiger partial charge in [-0.25, -0.2) is 4.79 Å². The molecule has 102 valence electrons. The van der Waals surface area contributed by atoms with E-state index in [4.69, 9.17) is 5.11 Å². The van der Waals surface area contributed by atoms with Crippen LogP contribution >= 0.6 is 0 Å². The highest BCUT2D eigenvalue weighted by atomic mass is 16.3. The Morgan fingerprint density at radius 3 is 2.47 bits per heavy atom. The maximum Gasteiger partial charge on any atom is 0.314 e. The second-order valence-corrected chi connectivity index (χ2v) is 5.83. The Labute approximate surface area is 105 Å². The van der Waals surface area contributed by atoms with Gasteiger partial charge in [-0.2, -0.15) is 0 Å². The normalized spacial score (nSPS) is 13.2. The third-order valence-electron chi connectivity index (χ3n) is 2.56. The van der Waals surface area contributed by atoms with Crippen molar-refractivity contribution in [2.45, 2.75) is 59.4 Å². The standard InChI is InChI=1S/C13H28N2O2/c1-11(7-5-10-16)15-12(17)14-9-6-8-13(2,3)4/h11,16H,5-10H2,1-4H3,(H2,14,15,17). The van der Waals surface area contributed by atoms with Crippen molar-refractivity contribution < 1.29 is 9.90 Å². The van der Waals surface area contributed by atoms with Gasteiger partial charge in [0.1, 0.15) is 0 Å². The van der Waals surface area contributed by atoms with Crippen molar-refractivity contribution in [3.05, 3.63) is 0 Å². The van der Waals surface area contributed by atoms with Gasteiger partial charge >= 0.3 is 6.03 Å². The van der Waals surface area contributed by atoms with Gasteiger partial charge in [0.15, 0.2) is 0 Å². The number of hydrogen-bond donors (Lipinski definition) is 3. The Morgan fingerprint density at radius 1 is 1.29 bits per heavy atom. The number of aliphatic hydroxyl groups is 1. The lowest BCUT2D eigenvalue weighted by molar-refractivity contribution is 0.233. The van der Waals surface area contributed by atoms with Crippen molar-refractivity contribution in [2.75, 3.05) is 13.2 Å². The highest BCUT2D eigenvalue weighted by Crippen LogP contribution is 2.19. The third kappa shape index (κ3) is 11.5. The Kier molecular flexibility index (Phi) is 7.96. The number of amides is 2. The lowest BCUT2D eigenvalue weighted by Crippen LogP contribution is -2.41. The maximum absolute atomic E-state index is 11.5. The fraction of sp³-hybridized carbons (Fsp3) is 0.923. The molecule has 0 aliphatic carbocycles. The van der Waals surface area contributed by atoms with Crippen molar-refractivity contribution in [1.82, 2.24) is 10.6 Å².